The van der Waals surface area contributed by atoms with E-state index in [0.717, 1.165) is 5.56 Å². The van der Waals surface area contributed by atoms with E-state index in [0.29, 0.717) is 41.0 Å². The number of rotatable bonds is 7. The summed E-state index contributed by atoms with van der Waals surface area (Å²) in [5.74, 6) is -0.873. The Morgan fingerprint density at radius 3 is 2.51 bits per heavy atom. The SMILES string of the molecule is CC(C)(C)Oc1cc(C(=O)CC(N)=O)ccc1C1=N[C@@H](c2ccc(Cl)cc2)[C@@H](c2ccsn2)N1C(=O)N1CCNC(=O)C1. The van der Waals surface area contributed by atoms with E-state index in [1.165, 1.54) is 16.4 Å². The number of aliphatic imine (C=N–C) groups is 1. The summed E-state index contributed by atoms with van der Waals surface area (Å²) in [5.41, 5.74) is 6.70. The summed E-state index contributed by atoms with van der Waals surface area (Å²) in [6, 6.07) is 12.2. The largest absolute Gasteiger partial charge is 0.487 e. The fourth-order valence-electron chi connectivity index (χ4n) is 5.04. The van der Waals surface area contributed by atoms with Crippen molar-refractivity contribution in [2.45, 2.75) is 44.9 Å². The summed E-state index contributed by atoms with van der Waals surface area (Å²) in [6.45, 7) is 6.10. The van der Waals surface area contributed by atoms with Gasteiger partial charge in [-0.3, -0.25) is 24.3 Å². The minimum absolute atomic E-state index is 0.107. The van der Waals surface area contributed by atoms with Crippen LogP contribution in [0.15, 0.2) is 58.9 Å². The third-order valence-corrected chi connectivity index (χ3v) is 7.68. The van der Waals surface area contributed by atoms with Crippen molar-refractivity contribution in [3.8, 4) is 5.75 Å². The normalized spacial score (nSPS) is 18.7. The molecule has 0 saturated carbocycles. The smallest absolute Gasteiger partial charge is 0.326 e. The zero-order valence-electron chi connectivity index (χ0n) is 23.9. The van der Waals surface area contributed by atoms with Gasteiger partial charge >= 0.3 is 6.03 Å². The number of aromatic nitrogens is 1. The Morgan fingerprint density at radius 1 is 1.14 bits per heavy atom. The average molecular weight is 623 g/mol. The molecule has 2 atom stereocenters. The van der Waals surface area contributed by atoms with Gasteiger partial charge in [-0.2, -0.15) is 4.37 Å². The summed E-state index contributed by atoms with van der Waals surface area (Å²) >= 11 is 7.45. The lowest BCUT2D eigenvalue weighted by atomic mass is 9.97. The Labute approximate surface area is 257 Å². The van der Waals surface area contributed by atoms with Gasteiger partial charge < -0.3 is 20.7 Å². The van der Waals surface area contributed by atoms with E-state index in [2.05, 4.69) is 9.69 Å². The Balaban J connectivity index is 1.69. The minimum Gasteiger partial charge on any atom is -0.487 e. The van der Waals surface area contributed by atoms with E-state index >= 15 is 0 Å². The van der Waals surface area contributed by atoms with Gasteiger partial charge in [-0.15, -0.1) is 0 Å². The standard InChI is InChI=1S/C30H31ClN6O5S/c1-30(2,3)42-23-14-18(22(38)15-24(32)39)6-9-20(23)28-34-26(17-4-7-19(31)8-5-17)27(21-10-13-43-35-21)37(28)29(41)36-12-11-33-25(40)16-36/h4-10,13-14,26-27H,11-12,15-16H2,1-3H3,(H2,32,39)(H,33,40)/t26-,27+/m0/s1. The van der Waals surface area contributed by atoms with E-state index < -0.39 is 41.8 Å². The van der Waals surface area contributed by atoms with Crippen LogP contribution in [-0.2, 0) is 9.59 Å². The fraction of sp³-hybridized carbons (Fsp3) is 0.333. The Kier molecular flexibility index (Phi) is 8.52. The van der Waals surface area contributed by atoms with Gasteiger partial charge in [-0.05, 0) is 68.2 Å². The van der Waals surface area contributed by atoms with Crippen LogP contribution < -0.4 is 15.8 Å². The van der Waals surface area contributed by atoms with E-state index in [1.807, 2.05) is 44.4 Å². The van der Waals surface area contributed by atoms with Crippen LogP contribution in [-0.4, -0.2) is 68.9 Å². The van der Waals surface area contributed by atoms with E-state index in [9.17, 15) is 19.2 Å². The van der Waals surface area contributed by atoms with Gasteiger partial charge in [0.15, 0.2) is 5.78 Å². The van der Waals surface area contributed by atoms with Gasteiger partial charge in [0.1, 0.15) is 35.8 Å². The predicted molar refractivity (Wildman–Crippen MR) is 162 cm³/mol. The first kappa shape index (κ1) is 30.2. The number of primary amides is 1. The number of nitrogens with two attached hydrogens (primary N) is 1. The number of hydrogen-bond donors (Lipinski definition) is 2. The number of halogens is 1. The van der Waals surface area contributed by atoms with Crippen molar-refractivity contribution < 1.29 is 23.9 Å². The number of Topliss-reactive ketones (excluding diaryl/α,β-unsaturated/α-hetero) is 1. The lowest BCUT2D eigenvalue weighted by Gasteiger charge is -2.35. The Morgan fingerprint density at radius 2 is 1.88 bits per heavy atom. The van der Waals surface area contributed by atoms with Crippen molar-refractivity contribution in [3.63, 3.8) is 0 Å². The molecule has 1 aromatic heterocycles. The van der Waals surface area contributed by atoms with Gasteiger partial charge in [-0.25, -0.2) is 4.79 Å². The first-order valence-corrected chi connectivity index (χ1v) is 14.9. The quantitative estimate of drug-likeness (QED) is 0.299. The molecule has 11 nitrogen and oxygen atoms in total. The maximum atomic E-state index is 14.4. The molecule has 2 aromatic carbocycles. The number of ether oxygens (including phenoxy) is 1. The zero-order chi connectivity index (χ0) is 30.9. The van der Waals surface area contributed by atoms with Gasteiger partial charge in [0.2, 0.25) is 11.8 Å². The molecule has 13 heteroatoms. The molecular weight excluding hydrogens is 592 g/mol. The van der Waals surface area contributed by atoms with Crippen LogP contribution in [0.4, 0.5) is 4.79 Å². The van der Waals surface area contributed by atoms with E-state index in [-0.39, 0.29) is 18.0 Å². The summed E-state index contributed by atoms with van der Waals surface area (Å²) in [7, 11) is 0. The number of carbonyl (C=O) groups is 4. The molecule has 3 heterocycles. The lowest BCUT2D eigenvalue weighted by Crippen LogP contribution is -2.55. The number of ketones is 1. The maximum Gasteiger partial charge on any atom is 0.326 e. The first-order valence-electron chi connectivity index (χ1n) is 13.6. The van der Waals surface area contributed by atoms with E-state index in [1.54, 1.807) is 35.2 Å². The van der Waals surface area contributed by atoms with Crippen molar-refractivity contribution in [2.24, 2.45) is 10.7 Å². The molecule has 1 fully saturated rings. The summed E-state index contributed by atoms with van der Waals surface area (Å²) < 4.78 is 10.9. The molecule has 0 aliphatic carbocycles. The molecule has 0 bridgehead atoms. The molecule has 0 radical (unpaired) electrons. The molecule has 3 aromatic rings. The predicted octanol–water partition coefficient (Wildman–Crippen LogP) is 4.13. The maximum absolute atomic E-state index is 14.4. The van der Waals surface area contributed by atoms with Gasteiger partial charge in [-0.1, -0.05) is 29.8 Å². The highest BCUT2D eigenvalue weighted by molar-refractivity contribution is 7.03. The van der Waals surface area contributed by atoms with E-state index in [4.69, 9.17) is 27.1 Å². The van der Waals surface area contributed by atoms with Crippen LogP contribution in [0.3, 0.4) is 0 Å². The molecule has 5 rings (SSSR count). The van der Waals surface area contributed by atoms with Crippen LogP contribution in [0.2, 0.25) is 5.02 Å². The van der Waals surface area contributed by atoms with Crippen molar-refractivity contribution in [2.75, 3.05) is 19.6 Å². The highest BCUT2D eigenvalue weighted by Crippen LogP contribution is 2.45. The molecule has 43 heavy (non-hydrogen) atoms. The number of piperazine rings is 1. The number of urea groups is 1. The molecule has 0 unspecified atom stereocenters. The van der Waals surface area contributed by atoms with Crippen LogP contribution in [0.1, 0.15) is 66.5 Å². The Hall–Kier alpha value is -4.29. The van der Waals surface area contributed by atoms with Crippen LogP contribution >= 0.6 is 23.1 Å². The second-order valence-electron chi connectivity index (χ2n) is 11.2. The number of nitrogens with one attached hydrogen (secondary N) is 1. The first-order chi connectivity index (χ1) is 20.4. The molecular formula is C30H31ClN6O5S. The highest BCUT2D eigenvalue weighted by Gasteiger charge is 2.46. The highest BCUT2D eigenvalue weighted by atomic mass is 35.5. The van der Waals surface area contributed by atoms with Crippen molar-refractivity contribution in [1.29, 1.82) is 0 Å². The number of amides is 4. The molecule has 4 amide bonds. The molecule has 3 N–H and O–H groups in total. The summed E-state index contributed by atoms with van der Waals surface area (Å²) in [5, 5.41) is 5.14. The molecule has 2 aliphatic heterocycles. The molecule has 224 valence electrons. The average Bonchev–Trinajstić information content (AvgIpc) is 3.60. The number of amidine groups is 1. The van der Waals surface area contributed by atoms with Gasteiger partial charge in [0, 0.05) is 29.1 Å². The third kappa shape index (κ3) is 6.70. The van der Waals surface area contributed by atoms with Crippen molar-refractivity contribution in [1.82, 2.24) is 19.5 Å². The molecule has 0 spiro atoms. The topological polar surface area (TPSA) is 147 Å². The number of hydrogen-bond acceptors (Lipinski definition) is 8. The second-order valence-corrected chi connectivity index (χ2v) is 12.3. The van der Waals surface area contributed by atoms with Gasteiger partial charge in [0.05, 0.1) is 17.7 Å². The fourth-order valence-corrected chi connectivity index (χ4v) is 5.72. The van der Waals surface area contributed by atoms with Crippen LogP contribution in [0.25, 0.3) is 0 Å². The molecule has 2 aliphatic rings. The van der Waals surface area contributed by atoms with Gasteiger partial charge in [0.25, 0.3) is 0 Å². The summed E-state index contributed by atoms with van der Waals surface area (Å²) in [6.07, 6.45) is -0.457. The summed E-state index contributed by atoms with van der Waals surface area (Å²) in [4.78, 5) is 59.0. The van der Waals surface area contributed by atoms with Crippen molar-refractivity contribution in [3.05, 3.63) is 81.3 Å². The van der Waals surface area contributed by atoms with Crippen molar-refractivity contribution >= 4 is 52.6 Å². The number of benzene rings is 2. The zero-order valence-corrected chi connectivity index (χ0v) is 25.4. The van der Waals surface area contributed by atoms with Crippen LogP contribution in [0.5, 0.6) is 5.75 Å². The monoisotopic (exact) mass is 622 g/mol. The van der Waals surface area contributed by atoms with Crippen LogP contribution in [0, 0.1) is 0 Å². The third-order valence-electron chi connectivity index (χ3n) is 6.85. The number of carbonyl (C=O) groups excluding carboxylic acids is 4. The molecule has 1 saturated heterocycles. The second kappa shape index (κ2) is 12.1. The Bertz CT molecular complexity index is 1590. The minimum atomic E-state index is -0.744. The number of nitrogens with zero attached hydrogens (tertiary/aromatic N) is 4. The lowest BCUT2D eigenvalue weighted by molar-refractivity contribution is -0.123.